The third-order valence-electron chi connectivity index (χ3n) is 9.76. The molecule has 238 valence electrons. The molecule has 2 aliphatic rings. The van der Waals surface area contributed by atoms with Crippen LogP contribution >= 0.6 is 0 Å². The molecule has 2 atom stereocenters. The van der Waals surface area contributed by atoms with Crippen LogP contribution in [0, 0.1) is 17.2 Å². The van der Waals surface area contributed by atoms with E-state index in [0.717, 1.165) is 36.3 Å². The van der Waals surface area contributed by atoms with Crippen LogP contribution in [0.3, 0.4) is 0 Å². The molecule has 1 N–H and O–H groups in total. The van der Waals surface area contributed by atoms with Crippen molar-refractivity contribution in [2.45, 2.75) is 43.9 Å². The normalized spacial score (nSPS) is 19.8. The Morgan fingerprint density at radius 3 is 2.40 bits per heavy atom. The molecule has 0 bridgehead atoms. The van der Waals surface area contributed by atoms with Crippen molar-refractivity contribution in [3.8, 4) is 11.8 Å². The lowest BCUT2D eigenvalue weighted by Crippen LogP contribution is -2.53. The minimum absolute atomic E-state index is 0.0316. The van der Waals surface area contributed by atoms with Crippen LogP contribution in [0.1, 0.15) is 42.0 Å². The minimum Gasteiger partial charge on any atom is -0.388 e. The van der Waals surface area contributed by atoms with Gasteiger partial charge in [-0.3, -0.25) is 19.1 Å². The van der Waals surface area contributed by atoms with E-state index < -0.39 is 5.60 Å². The Morgan fingerprint density at radius 2 is 1.70 bits per heavy atom. The zero-order valence-corrected chi connectivity index (χ0v) is 26.2. The molecule has 7 rings (SSSR count). The lowest BCUT2D eigenvalue weighted by Gasteiger charge is -2.43. The Labute approximate surface area is 273 Å². The molecule has 2 fully saturated rings. The van der Waals surface area contributed by atoms with Gasteiger partial charge in [-0.25, -0.2) is 9.97 Å². The van der Waals surface area contributed by atoms with Crippen LogP contribution in [0.4, 0.5) is 0 Å². The largest absolute Gasteiger partial charge is 0.388 e. The fourth-order valence-corrected chi connectivity index (χ4v) is 7.16. The molecule has 47 heavy (non-hydrogen) atoms. The molecule has 0 unspecified atom stereocenters. The SMILES string of the molecule is N#Cc1ccc(CN2CC[C@@H](C(=O)N3CCC(O)(Cn4cnc5c(ccn5-c5ccccc5)c4=O)CC3)[C@H](c3ccccc3)C2)cn1. The molecule has 0 spiro atoms. The Hall–Kier alpha value is -5.11. The zero-order chi connectivity index (χ0) is 32.4. The second kappa shape index (κ2) is 12.9. The Balaban J connectivity index is 1.02. The lowest BCUT2D eigenvalue weighted by atomic mass is 9.79. The smallest absolute Gasteiger partial charge is 0.262 e. The number of pyridine rings is 1. The second-order valence-electron chi connectivity index (χ2n) is 12.8. The van der Waals surface area contributed by atoms with Gasteiger partial charge in [0.15, 0.2) is 5.65 Å². The molecular formula is C37H37N7O3. The van der Waals surface area contributed by atoms with Crippen molar-refractivity contribution in [3.63, 3.8) is 0 Å². The Bertz CT molecular complexity index is 1960. The van der Waals surface area contributed by atoms with Gasteiger partial charge in [0.1, 0.15) is 18.1 Å². The van der Waals surface area contributed by atoms with Crippen LogP contribution < -0.4 is 5.56 Å². The number of likely N-dealkylation sites (tertiary alicyclic amines) is 2. The first-order chi connectivity index (χ1) is 22.9. The van der Waals surface area contributed by atoms with E-state index in [1.165, 1.54) is 10.9 Å². The average Bonchev–Trinajstić information content (AvgIpc) is 3.56. The molecule has 2 aromatic carbocycles. The molecule has 1 amide bonds. The topological polar surface area (TPSA) is 120 Å². The van der Waals surface area contributed by atoms with Crippen molar-refractivity contribution in [1.29, 1.82) is 5.26 Å². The Kier molecular flexibility index (Phi) is 8.41. The van der Waals surface area contributed by atoms with E-state index in [9.17, 15) is 14.7 Å². The van der Waals surface area contributed by atoms with Gasteiger partial charge in [-0.15, -0.1) is 0 Å². The van der Waals surface area contributed by atoms with Gasteiger partial charge >= 0.3 is 0 Å². The van der Waals surface area contributed by atoms with E-state index in [1.54, 1.807) is 18.3 Å². The highest BCUT2D eigenvalue weighted by molar-refractivity contribution is 5.80. The number of hydrogen-bond acceptors (Lipinski definition) is 7. The van der Waals surface area contributed by atoms with Crippen LogP contribution in [0.25, 0.3) is 16.7 Å². The van der Waals surface area contributed by atoms with E-state index >= 15 is 0 Å². The molecule has 10 heteroatoms. The molecule has 2 aliphatic heterocycles. The van der Waals surface area contributed by atoms with Gasteiger partial charge in [0.2, 0.25) is 5.91 Å². The monoisotopic (exact) mass is 627 g/mol. The number of rotatable bonds is 7. The number of carbonyl (C=O) groups excluding carboxylic acids is 1. The van der Waals surface area contributed by atoms with Crippen LogP contribution in [0.15, 0.2) is 102 Å². The summed E-state index contributed by atoms with van der Waals surface area (Å²) in [7, 11) is 0. The number of nitrogens with zero attached hydrogens (tertiary/aromatic N) is 7. The number of hydrogen-bond donors (Lipinski definition) is 1. The molecule has 0 aliphatic carbocycles. The van der Waals surface area contributed by atoms with E-state index in [1.807, 2.05) is 70.3 Å². The highest BCUT2D eigenvalue weighted by Crippen LogP contribution is 2.36. The van der Waals surface area contributed by atoms with Gasteiger partial charge in [-0.1, -0.05) is 54.6 Å². The second-order valence-corrected chi connectivity index (χ2v) is 12.8. The summed E-state index contributed by atoms with van der Waals surface area (Å²) >= 11 is 0. The maximum atomic E-state index is 14.1. The van der Waals surface area contributed by atoms with Crippen LogP contribution in [-0.2, 0) is 17.9 Å². The van der Waals surface area contributed by atoms with E-state index in [4.69, 9.17) is 5.26 Å². The molecule has 10 nitrogen and oxygen atoms in total. The summed E-state index contributed by atoms with van der Waals surface area (Å²) in [4.78, 5) is 40.6. The molecule has 2 saturated heterocycles. The lowest BCUT2D eigenvalue weighted by molar-refractivity contribution is -0.142. The first kappa shape index (κ1) is 30.5. The summed E-state index contributed by atoms with van der Waals surface area (Å²) < 4.78 is 3.39. The summed E-state index contributed by atoms with van der Waals surface area (Å²) in [5.74, 6) is -0.00548. The number of piperidine rings is 2. The number of benzene rings is 2. The maximum absolute atomic E-state index is 14.1. The molecular weight excluding hydrogens is 590 g/mol. The highest BCUT2D eigenvalue weighted by atomic mass is 16.3. The number of aromatic nitrogens is 4. The predicted molar refractivity (Wildman–Crippen MR) is 178 cm³/mol. The van der Waals surface area contributed by atoms with Gasteiger partial charge in [0.05, 0.1) is 17.5 Å². The Morgan fingerprint density at radius 1 is 0.957 bits per heavy atom. The number of carbonyl (C=O) groups is 1. The first-order valence-electron chi connectivity index (χ1n) is 16.2. The number of fused-ring (bicyclic) bond motifs is 1. The molecule has 5 aromatic rings. The number of amides is 1. The maximum Gasteiger partial charge on any atom is 0.262 e. The van der Waals surface area contributed by atoms with E-state index in [-0.39, 0.29) is 29.8 Å². The van der Waals surface area contributed by atoms with Crippen molar-refractivity contribution in [3.05, 3.63) is 125 Å². The summed E-state index contributed by atoms with van der Waals surface area (Å²) in [6.45, 7) is 3.22. The van der Waals surface area contributed by atoms with Crippen molar-refractivity contribution < 1.29 is 9.90 Å². The van der Waals surface area contributed by atoms with Gasteiger partial charge in [-0.2, -0.15) is 5.26 Å². The molecule has 5 heterocycles. The van der Waals surface area contributed by atoms with E-state index in [0.29, 0.717) is 49.2 Å². The summed E-state index contributed by atoms with van der Waals surface area (Å²) in [6, 6.07) is 27.5. The van der Waals surface area contributed by atoms with E-state index in [2.05, 4.69) is 33.1 Å². The van der Waals surface area contributed by atoms with Crippen molar-refractivity contribution in [2.75, 3.05) is 26.2 Å². The summed E-state index contributed by atoms with van der Waals surface area (Å²) in [5.41, 5.74) is 2.78. The van der Waals surface area contributed by atoms with Crippen molar-refractivity contribution in [1.82, 2.24) is 28.9 Å². The van der Waals surface area contributed by atoms with Gasteiger partial charge in [-0.05, 0) is 61.2 Å². The highest BCUT2D eigenvalue weighted by Gasteiger charge is 2.41. The van der Waals surface area contributed by atoms with Crippen LogP contribution in [0.2, 0.25) is 0 Å². The van der Waals surface area contributed by atoms with Gasteiger partial charge < -0.3 is 14.6 Å². The standard InChI is InChI=1S/C37H37N7O3/c38-21-29-12-11-27(22-39-29)23-41-17-13-31(33(24-41)28-7-3-1-4-8-28)35(45)42-19-15-37(47,16-20-42)25-43-26-40-34-32(36(43)46)14-18-44(34)30-9-5-2-6-10-30/h1-12,14,18,22,26,31,33,47H,13,15-17,19-20,23-25H2/t31-,33+/m1/s1. The minimum atomic E-state index is -1.12. The van der Waals surface area contributed by atoms with Crippen LogP contribution in [0.5, 0.6) is 0 Å². The molecule has 0 radical (unpaired) electrons. The van der Waals surface area contributed by atoms with Crippen LogP contribution in [-0.4, -0.2) is 71.7 Å². The predicted octanol–water partition coefficient (Wildman–Crippen LogP) is 4.11. The third kappa shape index (κ3) is 6.32. The van der Waals surface area contributed by atoms with Crippen molar-refractivity contribution >= 4 is 16.9 Å². The fraction of sp³-hybridized carbons (Fsp3) is 0.324. The zero-order valence-electron chi connectivity index (χ0n) is 26.2. The van der Waals surface area contributed by atoms with Gasteiger partial charge in [0.25, 0.3) is 5.56 Å². The van der Waals surface area contributed by atoms with Gasteiger partial charge in [0, 0.05) is 56.1 Å². The number of aliphatic hydroxyl groups is 1. The summed E-state index contributed by atoms with van der Waals surface area (Å²) in [6.07, 6.45) is 6.61. The number of para-hydroxylation sites is 1. The fourth-order valence-electron chi connectivity index (χ4n) is 7.16. The quantitative estimate of drug-likeness (QED) is 0.288. The third-order valence-corrected chi connectivity index (χ3v) is 9.76. The average molecular weight is 628 g/mol. The molecule has 3 aromatic heterocycles. The first-order valence-corrected chi connectivity index (χ1v) is 16.2. The van der Waals surface area contributed by atoms with Crippen molar-refractivity contribution in [2.24, 2.45) is 5.92 Å². The number of nitriles is 1. The summed E-state index contributed by atoms with van der Waals surface area (Å²) in [5, 5.41) is 21.2. The molecule has 0 saturated carbocycles.